The standard InChI is InChI=1S/C21H17Cl2FN4O2/c22-14-1-6-17(18(23)11-14)21(29)28-9-7-27(8-10-28)19-12-20(26-13-25-19)30-16-4-2-15(24)3-5-16/h1-6,11-13H,7-10H2. The molecule has 0 atom stereocenters. The maximum absolute atomic E-state index is 13.0. The van der Waals surface area contributed by atoms with Gasteiger partial charge in [-0.1, -0.05) is 23.2 Å². The molecule has 0 radical (unpaired) electrons. The molecule has 4 rings (SSSR count). The smallest absolute Gasteiger partial charge is 0.255 e. The molecule has 1 saturated heterocycles. The fourth-order valence-electron chi connectivity index (χ4n) is 3.15. The Bertz CT molecular complexity index is 1060. The summed E-state index contributed by atoms with van der Waals surface area (Å²) in [6.45, 7) is 2.25. The lowest BCUT2D eigenvalue weighted by Crippen LogP contribution is -2.49. The predicted molar refractivity (Wildman–Crippen MR) is 113 cm³/mol. The topological polar surface area (TPSA) is 58.6 Å². The summed E-state index contributed by atoms with van der Waals surface area (Å²) in [7, 11) is 0. The summed E-state index contributed by atoms with van der Waals surface area (Å²) in [5, 5.41) is 0.831. The van der Waals surface area contributed by atoms with Crippen molar-refractivity contribution in [2.75, 3.05) is 31.1 Å². The average Bonchev–Trinajstić information content (AvgIpc) is 2.75. The summed E-state index contributed by atoms with van der Waals surface area (Å²) in [6, 6.07) is 12.3. The van der Waals surface area contributed by atoms with E-state index in [1.54, 1.807) is 29.2 Å². The molecule has 1 aliphatic heterocycles. The summed E-state index contributed by atoms with van der Waals surface area (Å²) in [6.07, 6.45) is 1.42. The van der Waals surface area contributed by atoms with E-state index in [1.165, 1.54) is 30.6 Å². The van der Waals surface area contributed by atoms with Gasteiger partial charge >= 0.3 is 0 Å². The fourth-order valence-corrected chi connectivity index (χ4v) is 3.64. The van der Waals surface area contributed by atoms with Crippen LogP contribution in [-0.4, -0.2) is 47.0 Å². The van der Waals surface area contributed by atoms with E-state index >= 15 is 0 Å². The van der Waals surface area contributed by atoms with Gasteiger partial charge in [0.2, 0.25) is 5.88 Å². The molecule has 6 nitrogen and oxygen atoms in total. The van der Waals surface area contributed by atoms with Crippen molar-refractivity contribution >= 4 is 34.9 Å². The van der Waals surface area contributed by atoms with E-state index in [0.29, 0.717) is 59.2 Å². The molecular formula is C21H17Cl2FN4O2. The zero-order valence-electron chi connectivity index (χ0n) is 15.8. The van der Waals surface area contributed by atoms with Crippen LogP contribution in [0, 0.1) is 5.82 Å². The van der Waals surface area contributed by atoms with E-state index < -0.39 is 0 Å². The number of carbonyl (C=O) groups excluding carboxylic acids is 1. The molecule has 0 aliphatic carbocycles. The van der Waals surface area contributed by atoms with Crippen LogP contribution in [-0.2, 0) is 0 Å². The Morgan fingerprint density at radius 2 is 1.70 bits per heavy atom. The van der Waals surface area contributed by atoms with Crippen molar-refractivity contribution in [3.63, 3.8) is 0 Å². The summed E-state index contributed by atoms with van der Waals surface area (Å²) < 4.78 is 18.7. The molecular weight excluding hydrogens is 430 g/mol. The maximum Gasteiger partial charge on any atom is 0.255 e. The zero-order chi connectivity index (χ0) is 21.1. The SMILES string of the molecule is O=C(c1ccc(Cl)cc1Cl)N1CCN(c2cc(Oc3ccc(F)cc3)ncn2)CC1. The number of piperazine rings is 1. The highest BCUT2D eigenvalue weighted by Gasteiger charge is 2.24. The van der Waals surface area contributed by atoms with Crippen LogP contribution < -0.4 is 9.64 Å². The lowest BCUT2D eigenvalue weighted by molar-refractivity contribution is 0.0746. The lowest BCUT2D eigenvalue weighted by atomic mass is 10.2. The maximum atomic E-state index is 13.0. The van der Waals surface area contributed by atoms with Gasteiger partial charge in [0.1, 0.15) is 23.7 Å². The number of aromatic nitrogens is 2. The number of amides is 1. The van der Waals surface area contributed by atoms with Crippen LogP contribution in [0.5, 0.6) is 11.6 Å². The van der Waals surface area contributed by atoms with Gasteiger partial charge in [0.25, 0.3) is 5.91 Å². The molecule has 2 heterocycles. The first kappa shape index (κ1) is 20.4. The minimum atomic E-state index is -0.335. The van der Waals surface area contributed by atoms with E-state index in [9.17, 15) is 9.18 Å². The van der Waals surface area contributed by atoms with Crippen molar-refractivity contribution in [1.82, 2.24) is 14.9 Å². The Balaban J connectivity index is 1.40. The third kappa shape index (κ3) is 4.63. The molecule has 9 heteroatoms. The van der Waals surface area contributed by atoms with Crippen LogP contribution in [0.25, 0.3) is 0 Å². The summed E-state index contributed by atoms with van der Waals surface area (Å²) >= 11 is 12.1. The van der Waals surface area contributed by atoms with Gasteiger partial charge in [0.15, 0.2) is 0 Å². The highest BCUT2D eigenvalue weighted by molar-refractivity contribution is 6.36. The quantitative estimate of drug-likeness (QED) is 0.582. The van der Waals surface area contributed by atoms with Gasteiger partial charge < -0.3 is 14.5 Å². The zero-order valence-corrected chi connectivity index (χ0v) is 17.3. The monoisotopic (exact) mass is 446 g/mol. The number of ether oxygens (including phenoxy) is 1. The molecule has 30 heavy (non-hydrogen) atoms. The molecule has 0 spiro atoms. The summed E-state index contributed by atoms with van der Waals surface area (Å²) in [5.74, 6) is 1.07. The number of nitrogens with zero attached hydrogens (tertiary/aromatic N) is 4. The molecule has 3 aromatic rings. The van der Waals surface area contributed by atoms with Crippen LogP contribution in [0.15, 0.2) is 54.9 Å². The number of carbonyl (C=O) groups is 1. The van der Waals surface area contributed by atoms with Gasteiger partial charge in [-0.25, -0.2) is 14.4 Å². The van der Waals surface area contributed by atoms with Gasteiger partial charge in [-0.15, -0.1) is 0 Å². The highest BCUT2D eigenvalue weighted by atomic mass is 35.5. The Hall–Kier alpha value is -2.90. The third-order valence-corrected chi connectivity index (χ3v) is 5.26. The van der Waals surface area contributed by atoms with Crippen LogP contribution >= 0.6 is 23.2 Å². The molecule has 0 unspecified atom stereocenters. The van der Waals surface area contributed by atoms with Gasteiger partial charge in [0.05, 0.1) is 10.6 Å². The highest BCUT2D eigenvalue weighted by Crippen LogP contribution is 2.25. The average molecular weight is 447 g/mol. The Labute approximate surface area is 182 Å². The molecule has 154 valence electrons. The van der Waals surface area contributed by atoms with E-state index in [0.717, 1.165) is 0 Å². The van der Waals surface area contributed by atoms with Crippen molar-refractivity contribution in [1.29, 1.82) is 0 Å². The van der Waals surface area contributed by atoms with Crippen LogP contribution in [0.3, 0.4) is 0 Å². The predicted octanol–water partition coefficient (Wildman–Crippen LogP) is 4.68. The largest absolute Gasteiger partial charge is 0.439 e. The molecule has 0 N–H and O–H groups in total. The van der Waals surface area contributed by atoms with Crippen molar-refractivity contribution in [3.05, 3.63) is 76.3 Å². The van der Waals surface area contributed by atoms with Gasteiger partial charge in [-0.3, -0.25) is 4.79 Å². The number of rotatable bonds is 4. The number of hydrogen-bond acceptors (Lipinski definition) is 5. The second kappa shape index (κ2) is 8.85. The van der Waals surface area contributed by atoms with Crippen molar-refractivity contribution in [2.45, 2.75) is 0 Å². The Kier molecular flexibility index (Phi) is 6.01. The Morgan fingerprint density at radius 3 is 2.40 bits per heavy atom. The van der Waals surface area contributed by atoms with E-state index in [4.69, 9.17) is 27.9 Å². The first-order valence-electron chi connectivity index (χ1n) is 9.24. The molecule has 2 aromatic carbocycles. The molecule has 1 aromatic heterocycles. The summed E-state index contributed by atoms with van der Waals surface area (Å²) in [4.78, 5) is 25.0. The van der Waals surface area contributed by atoms with Crippen LogP contribution in [0.1, 0.15) is 10.4 Å². The van der Waals surface area contributed by atoms with Crippen LogP contribution in [0.4, 0.5) is 10.2 Å². The second-order valence-corrected chi connectivity index (χ2v) is 7.52. The minimum Gasteiger partial charge on any atom is -0.439 e. The van der Waals surface area contributed by atoms with Gasteiger partial charge in [-0.05, 0) is 42.5 Å². The molecule has 1 aliphatic rings. The van der Waals surface area contributed by atoms with E-state index in [1.807, 2.05) is 4.90 Å². The number of anilines is 1. The summed E-state index contributed by atoms with van der Waals surface area (Å²) in [5.41, 5.74) is 0.437. The number of benzene rings is 2. The lowest BCUT2D eigenvalue weighted by Gasteiger charge is -2.35. The van der Waals surface area contributed by atoms with Gasteiger partial charge in [-0.2, -0.15) is 0 Å². The second-order valence-electron chi connectivity index (χ2n) is 6.67. The first-order valence-corrected chi connectivity index (χ1v) is 10.00. The van der Waals surface area contributed by atoms with Crippen molar-refractivity contribution < 1.29 is 13.9 Å². The van der Waals surface area contributed by atoms with Crippen LogP contribution in [0.2, 0.25) is 10.0 Å². The molecule has 1 amide bonds. The normalized spacial score (nSPS) is 14.0. The number of hydrogen-bond donors (Lipinski definition) is 0. The van der Waals surface area contributed by atoms with Gasteiger partial charge in [0, 0.05) is 37.3 Å². The van der Waals surface area contributed by atoms with Crippen molar-refractivity contribution in [3.8, 4) is 11.6 Å². The molecule has 1 fully saturated rings. The third-order valence-electron chi connectivity index (χ3n) is 4.72. The van der Waals surface area contributed by atoms with E-state index in [-0.39, 0.29) is 11.7 Å². The minimum absolute atomic E-state index is 0.126. The molecule has 0 saturated carbocycles. The first-order chi connectivity index (χ1) is 14.5. The fraction of sp³-hybridized carbons (Fsp3) is 0.190. The Morgan fingerprint density at radius 1 is 0.967 bits per heavy atom. The number of halogens is 3. The van der Waals surface area contributed by atoms with Crippen molar-refractivity contribution in [2.24, 2.45) is 0 Å². The molecule has 0 bridgehead atoms. The van der Waals surface area contributed by atoms with E-state index in [2.05, 4.69) is 9.97 Å².